The van der Waals surface area contributed by atoms with E-state index in [9.17, 15) is 0 Å². The predicted octanol–water partition coefficient (Wildman–Crippen LogP) is 1.18. The van der Waals surface area contributed by atoms with Crippen LogP contribution in [0.3, 0.4) is 0 Å². The molecular weight excluding hydrogens is 140 g/mol. The van der Waals surface area contributed by atoms with E-state index in [0.29, 0.717) is 5.82 Å². The Labute approximate surface area is 64.5 Å². The van der Waals surface area contributed by atoms with Gasteiger partial charge >= 0.3 is 0 Å². The number of nitrogens with one attached hydrogen (secondary N) is 1. The van der Waals surface area contributed by atoms with Crippen LogP contribution in [0.4, 0.5) is 5.82 Å². The van der Waals surface area contributed by atoms with Gasteiger partial charge in [0.2, 0.25) is 0 Å². The molecule has 0 fully saturated rings. The van der Waals surface area contributed by atoms with Crippen molar-refractivity contribution in [3.63, 3.8) is 0 Å². The van der Waals surface area contributed by atoms with Gasteiger partial charge in [0.1, 0.15) is 17.8 Å². The van der Waals surface area contributed by atoms with Crippen LogP contribution in [-0.4, -0.2) is 15.0 Å². The second-order valence-electron chi connectivity index (χ2n) is 2.00. The summed E-state index contributed by atoms with van der Waals surface area (Å²) in [5, 5.41) is 0.877. The van der Waals surface area contributed by atoms with Gasteiger partial charge in [0.05, 0.1) is 5.39 Å². The molecule has 2 rings (SSSR count). The first-order chi connectivity index (χ1) is 4.88. The summed E-state index contributed by atoms with van der Waals surface area (Å²) in [6.45, 7) is 0. The van der Waals surface area contributed by atoms with Gasteiger partial charge in [-0.15, -0.1) is 0 Å². The van der Waals surface area contributed by atoms with Crippen molar-refractivity contribution in [1.82, 2.24) is 15.0 Å². The molecule has 0 saturated carbocycles. The molecule has 0 bridgehead atoms. The molecule has 2 heterocycles. The standard InChI is InChI=1S/C6H6N4.CH4/c7-5-4-1-2-8-6(4)10-3-9-5;/h1-3H,(H3,7,8,9,10);1H4. The quantitative estimate of drug-likeness (QED) is 0.592. The molecule has 0 aliphatic carbocycles. The number of aromatic amines is 1. The van der Waals surface area contributed by atoms with Crippen LogP contribution in [0.1, 0.15) is 7.43 Å². The molecular formula is C7H10N4. The molecule has 0 aliphatic rings. The lowest BCUT2D eigenvalue weighted by Gasteiger charge is -1.90. The van der Waals surface area contributed by atoms with Crippen molar-refractivity contribution >= 4 is 16.9 Å². The highest BCUT2D eigenvalue weighted by atomic mass is 15.0. The van der Waals surface area contributed by atoms with Crippen LogP contribution in [-0.2, 0) is 0 Å². The van der Waals surface area contributed by atoms with Crippen molar-refractivity contribution in [1.29, 1.82) is 0 Å². The Kier molecular flexibility index (Phi) is 1.76. The topological polar surface area (TPSA) is 67.6 Å². The summed E-state index contributed by atoms with van der Waals surface area (Å²) in [7, 11) is 0. The number of hydrogen-bond acceptors (Lipinski definition) is 3. The number of H-pyrrole nitrogens is 1. The summed E-state index contributed by atoms with van der Waals surface area (Å²) in [6, 6.07) is 1.85. The number of nitrogens with zero attached hydrogens (tertiary/aromatic N) is 2. The minimum atomic E-state index is 0. The van der Waals surface area contributed by atoms with Crippen molar-refractivity contribution in [2.75, 3.05) is 5.73 Å². The number of rotatable bonds is 0. The Balaban J connectivity index is 0.000000605. The highest BCUT2D eigenvalue weighted by Crippen LogP contribution is 2.12. The van der Waals surface area contributed by atoms with E-state index in [-0.39, 0.29) is 7.43 Å². The van der Waals surface area contributed by atoms with E-state index in [1.165, 1.54) is 6.33 Å². The largest absolute Gasteiger partial charge is 0.383 e. The summed E-state index contributed by atoms with van der Waals surface area (Å²) < 4.78 is 0. The average molecular weight is 150 g/mol. The molecule has 4 nitrogen and oxygen atoms in total. The lowest BCUT2D eigenvalue weighted by molar-refractivity contribution is 1.21. The third kappa shape index (κ3) is 1.02. The number of aromatic nitrogens is 3. The van der Waals surface area contributed by atoms with Crippen LogP contribution >= 0.6 is 0 Å². The maximum Gasteiger partial charge on any atom is 0.142 e. The minimum Gasteiger partial charge on any atom is -0.383 e. The van der Waals surface area contributed by atoms with E-state index in [1.807, 2.05) is 6.07 Å². The Hall–Kier alpha value is -1.58. The highest BCUT2D eigenvalue weighted by molar-refractivity contribution is 5.85. The second kappa shape index (κ2) is 2.57. The average Bonchev–Trinajstić information content (AvgIpc) is 2.36. The zero-order valence-electron chi connectivity index (χ0n) is 5.20. The Morgan fingerprint density at radius 2 is 2.18 bits per heavy atom. The first-order valence-corrected chi connectivity index (χ1v) is 2.91. The van der Waals surface area contributed by atoms with Gasteiger partial charge in [0.15, 0.2) is 0 Å². The van der Waals surface area contributed by atoms with Crippen molar-refractivity contribution in [2.24, 2.45) is 0 Å². The van der Waals surface area contributed by atoms with Gasteiger partial charge < -0.3 is 10.7 Å². The van der Waals surface area contributed by atoms with E-state index in [1.54, 1.807) is 6.20 Å². The number of hydrogen-bond donors (Lipinski definition) is 2. The Morgan fingerprint density at radius 3 is 2.91 bits per heavy atom. The van der Waals surface area contributed by atoms with Gasteiger partial charge in [-0.2, -0.15) is 0 Å². The van der Waals surface area contributed by atoms with Crippen LogP contribution in [0.25, 0.3) is 11.0 Å². The normalized spacial score (nSPS) is 9.45. The van der Waals surface area contributed by atoms with Crippen molar-refractivity contribution in [2.45, 2.75) is 7.43 Å². The zero-order chi connectivity index (χ0) is 6.97. The van der Waals surface area contributed by atoms with Crippen LogP contribution in [0.5, 0.6) is 0 Å². The van der Waals surface area contributed by atoms with E-state index in [4.69, 9.17) is 5.73 Å². The van der Waals surface area contributed by atoms with E-state index < -0.39 is 0 Å². The minimum absolute atomic E-state index is 0. The van der Waals surface area contributed by atoms with Crippen molar-refractivity contribution in [3.8, 4) is 0 Å². The molecule has 0 atom stereocenters. The summed E-state index contributed by atoms with van der Waals surface area (Å²) in [5.41, 5.74) is 6.31. The Morgan fingerprint density at radius 1 is 1.36 bits per heavy atom. The van der Waals surface area contributed by atoms with Crippen LogP contribution in [0, 0.1) is 0 Å². The molecule has 0 amide bonds. The van der Waals surface area contributed by atoms with E-state index >= 15 is 0 Å². The molecule has 0 saturated heterocycles. The fourth-order valence-corrected chi connectivity index (χ4v) is 0.892. The molecule has 3 N–H and O–H groups in total. The van der Waals surface area contributed by atoms with Crippen LogP contribution in [0.15, 0.2) is 18.6 Å². The second-order valence-corrected chi connectivity index (χ2v) is 2.00. The van der Waals surface area contributed by atoms with Gasteiger partial charge in [0.25, 0.3) is 0 Å². The molecule has 0 aromatic carbocycles. The predicted molar refractivity (Wildman–Crippen MR) is 45.0 cm³/mol. The van der Waals surface area contributed by atoms with Crippen molar-refractivity contribution in [3.05, 3.63) is 18.6 Å². The lowest BCUT2D eigenvalue weighted by Crippen LogP contribution is -1.90. The first kappa shape index (κ1) is 7.53. The van der Waals surface area contributed by atoms with Crippen LogP contribution < -0.4 is 5.73 Å². The van der Waals surface area contributed by atoms with Crippen LogP contribution in [0.2, 0.25) is 0 Å². The smallest absolute Gasteiger partial charge is 0.142 e. The molecule has 11 heavy (non-hydrogen) atoms. The monoisotopic (exact) mass is 150 g/mol. The number of nitrogens with two attached hydrogens (primary N) is 1. The maximum absolute atomic E-state index is 5.53. The van der Waals surface area contributed by atoms with Gasteiger partial charge in [0, 0.05) is 6.20 Å². The molecule has 4 heteroatoms. The number of anilines is 1. The highest BCUT2D eigenvalue weighted by Gasteiger charge is 1.97. The zero-order valence-corrected chi connectivity index (χ0v) is 5.20. The first-order valence-electron chi connectivity index (χ1n) is 2.91. The number of fused-ring (bicyclic) bond motifs is 1. The maximum atomic E-state index is 5.53. The Bertz CT molecular complexity index is 352. The van der Waals surface area contributed by atoms with E-state index in [2.05, 4.69) is 15.0 Å². The van der Waals surface area contributed by atoms with Crippen molar-refractivity contribution < 1.29 is 0 Å². The summed E-state index contributed by atoms with van der Waals surface area (Å²) in [5.74, 6) is 0.520. The molecule has 0 spiro atoms. The fraction of sp³-hybridized carbons (Fsp3) is 0.143. The lowest BCUT2D eigenvalue weighted by atomic mass is 10.4. The van der Waals surface area contributed by atoms with Gasteiger partial charge in [-0.1, -0.05) is 7.43 Å². The van der Waals surface area contributed by atoms with Gasteiger partial charge in [-0.05, 0) is 6.07 Å². The summed E-state index contributed by atoms with van der Waals surface area (Å²) in [4.78, 5) is 10.7. The third-order valence-electron chi connectivity index (χ3n) is 1.38. The molecule has 2 aromatic heterocycles. The number of nitrogen functional groups attached to an aromatic ring is 1. The molecule has 2 aromatic rings. The molecule has 58 valence electrons. The molecule has 0 unspecified atom stereocenters. The van der Waals surface area contributed by atoms with E-state index in [0.717, 1.165) is 11.0 Å². The summed E-state index contributed by atoms with van der Waals surface area (Å²) >= 11 is 0. The third-order valence-corrected chi connectivity index (χ3v) is 1.38. The van der Waals surface area contributed by atoms with Gasteiger partial charge in [-0.25, -0.2) is 9.97 Å². The summed E-state index contributed by atoms with van der Waals surface area (Å²) in [6.07, 6.45) is 3.23. The molecule has 0 radical (unpaired) electrons. The molecule has 0 aliphatic heterocycles. The van der Waals surface area contributed by atoms with Gasteiger partial charge in [-0.3, -0.25) is 0 Å². The fourth-order valence-electron chi connectivity index (χ4n) is 0.892. The SMILES string of the molecule is C.Nc1ncnc2[nH]ccc12.